The molecular weight excluding hydrogens is 370 g/mol. The minimum atomic E-state index is -3.75. The summed E-state index contributed by atoms with van der Waals surface area (Å²) in [6, 6.07) is 9.14. The molecule has 1 aromatic heterocycles. The largest absolute Gasteiger partial charge is 0.477 e. The normalized spacial score (nSPS) is 11.2. The molecule has 2 rings (SSSR count). The highest BCUT2D eigenvalue weighted by Gasteiger charge is 2.15. The third-order valence-electron chi connectivity index (χ3n) is 3.65. The van der Waals surface area contributed by atoms with Crippen LogP contribution in [0.2, 0.25) is 0 Å². The van der Waals surface area contributed by atoms with Gasteiger partial charge in [0.2, 0.25) is 5.88 Å². The van der Waals surface area contributed by atoms with Gasteiger partial charge in [-0.1, -0.05) is 24.3 Å². The van der Waals surface area contributed by atoms with Crippen LogP contribution in [0.15, 0.2) is 47.5 Å². The van der Waals surface area contributed by atoms with Crippen molar-refractivity contribution in [3.63, 3.8) is 0 Å². The van der Waals surface area contributed by atoms with Crippen molar-refractivity contribution in [2.45, 2.75) is 31.2 Å². The summed E-state index contributed by atoms with van der Waals surface area (Å²) in [5, 5.41) is 2.78. The summed E-state index contributed by atoms with van der Waals surface area (Å²) in [5.74, 6) is 0.167. The monoisotopic (exact) mass is 393 g/mol. The Morgan fingerprint density at radius 2 is 1.93 bits per heavy atom. The summed E-state index contributed by atoms with van der Waals surface area (Å²) in [6.45, 7) is 2.89. The summed E-state index contributed by atoms with van der Waals surface area (Å²) in [5.41, 5.74) is 1.11. The van der Waals surface area contributed by atoms with Crippen LogP contribution < -0.4 is 14.9 Å². The number of hydrogen-bond acceptors (Lipinski definition) is 6. The molecule has 0 unspecified atom stereocenters. The summed E-state index contributed by atoms with van der Waals surface area (Å²) in [4.78, 5) is 22.9. The fourth-order valence-electron chi connectivity index (χ4n) is 2.22. The Bertz CT molecular complexity index is 854. The van der Waals surface area contributed by atoms with Crippen LogP contribution in [0.5, 0.6) is 5.88 Å². The van der Waals surface area contributed by atoms with Crippen molar-refractivity contribution >= 4 is 15.9 Å². The van der Waals surface area contributed by atoms with Crippen molar-refractivity contribution in [3.8, 4) is 5.88 Å². The molecule has 0 aliphatic heterocycles. The number of nitrogens with one attached hydrogen (secondary N) is 2. The number of pyridine rings is 1. The number of hydrogen-bond donors (Lipinski definition) is 2. The number of aromatic nitrogens is 1. The number of nitrogens with zero attached hydrogens (tertiary/aromatic N) is 1. The van der Waals surface area contributed by atoms with E-state index >= 15 is 0 Å². The second kappa shape index (κ2) is 10.0. The van der Waals surface area contributed by atoms with E-state index in [0.717, 1.165) is 18.4 Å². The average Bonchev–Trinajstić information content (AvgIpc) is 2.67. The highest BCUT2D eigenvalue weighted by Crippen LogP contribution is 2.15. The van der Waals surface area contributed by atoms with Gasteiger partial charge in [-0.2, -0.15) is 0 Å². The Morgan fingerprint density at radius 3 is 2.59 bits per heavy atom. The molecule has 0 atom stereocenters. The average molecular weight is 393 g/mol. The maximum absolute atomic E-state index is 12.3. The van der Waals surface area contributed by atoms with Gasteiger partial charge in [0.05, 0.1) is 18.6 Å². The van der Waals surface area contributed by atoms with Gasteiger partial charge in [-0.05, 0) is 36.8 Å². The molecule has 0 saturated carbocycles. The van der Waals surface area contributed by atoms with Gasteiger partial charge in [0, 0.05) is 23.9 Å². The number of sulfonamides is 1. The highest BCUT2D eigenvalue weighted by molar-refractivity contribution is 7.89. The van der Waals surface area contributed by atoms with E-state index in [4.69, 9.17) is 4.74 Å². The van der Waals surface area contributed by atoms with Gasteiger partial charge >= 0.3 is 0 Å². The molecule has 2 aromatic rings. The van der Waals surface area contributed by atoms with Crippen molar-refractivity contribution in [3.05, 3.63) is 53.7 Å². The predicted molar refractivity (Wildman–Crippen MR) is 99.6 cm³/mol. The quantitative estimate of drug-likeness (QED) is 0.472. The van der Waals surface area contributed by atoms with E-state index in [1.165, 1.54) is 31.4 Å². The molecular formula is C18H23N3O5S. The summed E-state index contributed by atoms with van der Waals surface area (Å²) < 4.78 is 29.3. The lowest BCUT2D eigenvalue weighted by atomic mass is 10.2. The van der Waals surface area contributed by atoms with Crippen molar-refractivity contribution < 1.29 is 22.8 Å². The molecule has 0 saturated heterocycles. The molecule has 0 aliphatic carbocycles. The molecule has 8 nitrogen and oxygen atoms in total. The number of unbranched alkanes of at least 4 members (excludes halogenated alkanes) is 1. The van der Waals surface area contributed by atoms with Crippen LogP contribution >= 0.6 is 0 Å². The summed E-state index contributed by atoms with van der Waals surface area (Å²) in [6.07, 6.45) is 3.58. The zero-order chi connectivity index (χ0) is 19.7. The molecule has 0 bridgehead atoms. The molecule has 1 aromatic carbocycles. The van der Waals surface area contributed by atoms with E-state index in [0.29, 0.717) is 18.1 Å². The van der Waals surface area contributed by atoms with Crippen molar-refractivity contribution in [2.24, 2.45) is 0 Å². The first kappa shape index (κ1) is 20.8. The van der Waals surface area contributed by atoms with Gasteiger partial charge in [0.1, 0.15) is 0 Å². The van der Waals surface area contributed by atoms with E-state index < -0.39 is 10.0 Å². The van der Waals surface area contributed by atoms with E-state index in [2.05, 4.69) is 22.1 Å². The second-order valence-electron chi connectivity index (χ2n) is 5.67. The first-order valence-electron chi connectivity index (χ1n) is 8.47. The van der Waals surface area contributed by atoms with Crippen LogP contribution in [0, 0.1) is 0 Å². The standard InChI is InChI=1S/C18H23N3O5S/c1-3-4-12-26-18-15(6-5-11-19-18)13-20-17(22)14-7-9-16(10-8-14)27(23,24)21-25-2/h5-11,21H,3-4,12-13H2,1-2H3,(H,20,22). The van der Waals surface area contributed by atoms with Gasteiger partial charge in [-0.3, -0.25) is 9.63 Å². The lowest BCUT2D eigenvalue weighted by Gasteiger charge is -2.11. The Balaban J connectivity index is 2.00. The van der Waals surface area contributed by atoms with Gasteiger partial charge in [-0.15, -0.1) is 0 Å². The zero-order valence-corrected chi connectivity index (χ0v) is 16.1. The Morgan fingerprint density at radius 1 is 1.19 bits per heavy atom. The maximum atomic E-state index is 12.3. The molecule has 0 radical (unpaired) electrons. The SMILES string of the molecule is CCCCOc1ncccc1CNC(=O)c1ccc(S(=O)(=O)NOC)cc1. The summed E-state index contributed by atoms with van der Waals surface area (Å²) >= 11 is 0. The molecule has 1 amide bonds. The number of amides is 1. The molecule has 146 valence electrons. The first-order valence-corrected chi connectivity index (χ1v) is 9.96. The number of rotatable bonds is 10. The van der Waals surface area contributed by atoms with E-state index in [-0.39, 0.29) is 17.3 Å². The lowest BCUT2D eigenvalue weighted by Crippen LogP contribution is -2.24. The van der Waals surface area contributed by atoms with Gasteiger partial charge in [0.15, 0.2) is 0 Å². The highest BCUT2D eigenvalue weighted by atomic mass is 32.2. The van der Waals surface area contributed by atoms with Crippen LogP contribution in [-0.2, 0) is 21.4 Å². The Labute approximate surface area is 158 Å². The molecule has 9 heteroatoms. The minimum absolute atomic E-state index is 0.000213. The Kier molecular flexibility index (Phi) is 7.71. The number of ether oxygens (including phenoxy) is 1. The van der Waals surface area contributed by atoms with Gasteiger partial charge in [0.25, 0.3) is 15.9 Å². The Hall–Kier alpha value is -2.49. The van der Waals surface area contributed by atoms with E-state index in [1.54, 1.807) is 12.3 Å². The number of benzene rings is 1. The summed E-state index contributed by atoms with van der Waals surface area (Å²) in [7, 11) is -2.55. The molecule has 0 fully saturated rings. The third kappa shape index (κ3) is 6.02. The third-order valence-corrected chi connectivity index (χ3v) is 4.92. The second-order valence-corrected chi connectivity index (χ2v) is 7.31. The van der Waals surface area contributed by atoms with Crippen LogP contribution in [0.3, 0.4) is 0 Å². The van der Waals surface area contributed by atoms with Crippen LogP contribution in [-0.4, -0.2) is 33.0 Å². The first-order chi connectivity index (χ1) is 13.0. The minimum Gasteiger partial charge on any atom is -0.477 e. The molecule has 0 spiro atoms. The lowest BCUT2D eigenvalue weighted by molar-refractivity contribution is 0.0950. The molecule has 1 heterocycles. The molecule has 0 aliphatic rings. The van der Waals surface area contributed by atoms with Gasteiger partial charge in [-0.25, -0.2) is 13.4 Å². The topological polar surface area (TPSA) is 107 Å². The van der Waals surface area contributed by atoms with Crippen LogP contribution in [0.25, 0.3) is 0 Å². The number of carbonyl (C=O) groups is 1. The predicted octanol–water partition coefficient (Wildman–Crippen LogP) is 2.03. The van der Waals surface area contributed by atoms with Crippen molar-refractivity contribution in [1.82, 2.24) is 15.2 Å². The van der Waals surface area contributed by atoms with E-state index in [9.17, 15) is 13.2 Å². The number of carbonyl (C=O) groups excluding carboxylic acids is 1. The smallest absolute Gasteiger partial charge is 0.262 e. The van der Waals surface area contributed by atoms with Crippen molar-refractivity contribution in [2.75, 3.05) is 13.7 Å². The molecule has 27 heavy (non-hydrogen) atoms. The maximum Gasteiger partial charge on any atom is 0.262 e. The fraction of sp³-hybridized carbons (Fsp3) is 0.333. The van der Waals surface area contributed by atoms with Gasteiger partial charge < -0.3 is 10.1 Å². The van der Waals surface area contributed by atoms with E-state index in [1.807, 2.05) is 11.0 Å². The molecule has 2 N–H and O–H groups in total. The fourth-order valence-corrected chi connectivity index (χ4v) is 3.03. The van der Waals surface area contributed by atoms with Crippen molar-refractivity contribution in [1.29, 1.82) is 0 Å². The van der Waals surface area contributed by atoms with Crippen LogP contribution in [0.1, 0.15) is 35.7 Å². The van der Waals surface area contributed by atoms with Crippen LogP contribution in [0.4, 0.5) is 0 Å². The zero-order valence-electron chi connectivity index (χ0n) is 15.3.